The van der Waals surface area contributed by atoms with Crippen LogP contribution in [0.25, 0.3) is 0 Å². The first-order valence-electron chi connectivity index (χ1n) is 7.68. The van der Waals surface area contributed by atoms with E-state index in [0.717, 1.165) is 18.2 Å². The average Bonchev–Trinajstić information content (AvgIpc) is 2.76. The third-order valence-corrected chi connectivity index (χ3v) is 4.34. The minimum Gasteiger partial charge on any atom is -0.457 e. The molecule has 0 spiro atoms. The van der Waals surface area contributed by atoms with Gasteiger partial charge in [0.25, 0.3) is 12.2 Å². The van der Waals surface area contributed by atoms with E-state index in [0.29, 0.717) is 12.1 Å². The molecule has 0 unspecified atom stereocenters. The van der Waals surface area contributed by atoms with Gasteiger partial charge in [-0.15, -0.1) is 0 Å². The highest BCUT2D eigenvalue weighted by Crippen LogP contribution is 2.62. The van der Waals surface area contributed by atoms with E-state index in [1.165, 1.54) is 0 Å². The molecule has 0 atom stereocenters. The van der Waals surface area contributed by atoms with Crippen LogP contribution in [-0.4, -0.2) is 16.1 Å². The van der Waals surface area contributed by atoms with Crippen LogP contribution in [0.5, 0.6) is 11.5 Å². The second-order valence-electron chi connectivity index (χ2n) is 6.09. The van der Waals surface area contributed by atoms with Crippen LogP contribution in [0.3, 0.4) is 0 Å². The number of fused-ring (bicyclic) bond motifs is 1. The van der Waals surface area contributed by atoms with E-state index >= 15 is 0 Å². The number of rotatable bonds is 3. The summed E-state index contributed by atoms with van der Waals surface area (Å²) in [5.41, 5.74) is -5.23. The summed E-state index contributed by atoms with van der Waals surface area (Å²) in [6, 6.07) is 7.42. The smallest absolute Gasteiger partial charge is 0.371 e. The second-order valence-corrected chi connectivity index (χ2v) is 6.09. The molecule has 0 aliphatic heterocycles. The first-order valence-corrected chi connectivity index (χ1v) is 7.68. The van der Waals surface area contributed by atoms with Crippen molar-refractivity contribution < 1.29 is 41.3 Å². The van der Waals surface area contributed by atoms with Crippen LogP contribution in [0.15, 0.2) is 30.3 Å². The summed E-state index contributed by atoms with van der Waals surface area (Å²) in [6.07, 6.45) is -3.71. The number of aliphatic hydroxyl groups is 2. The van der Waals surface area contributed by atoms with Crippen molar-refractivity contribution in [1.29, 1.82) is 10.5 Å². The molecule has 2 aromatic rings. The zero-order chi connectivity index (χ0) is 21.8. The Morgan fingerprint density at radius 2 is 1.48 bits per heavy atom. The van der Waals surface area contributed by atoms with Gasteiger partial charge in [0.15, 0.2) is 0 Å². The van der Waals surface area contributed by atoms with E-state index in [2.05, 4.69) is 0 Å². The van der Waals surface area contributed by atoms with Gasteiger partial charge in [-0.3, -0.25) is 0 Å². The molecule has 0 amide bonds. The molecule has 1 aliphatic carbocycles. The molecule has 29 heavy (non-hydrogen) atoms. The van der Waals surface area contributed by atoms with Crippen molar-refractivity contribution in [3.8, 4) is 23.6 Å². The minimum atomic E-state index is -5.49. The predicted molar refractivity (Wildman–Crippen MR) is 82.3 cm³/mol. The maximum absolute atomic E-state index is 14.0. The summed E-state index contributed by atoms with van der Waals surface area (Å²) < 4.78 is 88.1. The Kier molecular flexibility index (Phi) is 4.49. The Morgan fingerprint density at radius 3 is 1.97 bits per heavy atom. The number of nitrogens with zero attached hydrogens (tertiary/aromatic N) is 2. The van der Waals surface area contributed by atoms with Crippen molar-refractivity contribution >= 4 is 0 Å². The fourth-order valence-electron chi connectivity index (χ4n) is 3.00. The van der Waals surface area contributed by atoms with Gasteiger partial charge < -0.3 is 14.9 Å². The van der Waals surface area contributed by atoms with Gasteiger partial charge in [0.2, 0.25) is 0 Å². The number of halogens is 6. The zero-order valence-corrected chi connectivity index (χ0v) is 13.9. The lowest BCUT2D eigenvalue weighted by molar-refractivity contribution is -0.358. The first-order chi connectivity index (χ1) is 13.4. The SMILES string of the molecule is N#Cc1cc(C#N)cc(Oc2ccc3c(c2C(F)F)C(O)(O)C(F)(F)C3(F)F)c1. The first kappa shape index (κ1) is 20.5. The third-order valence-electron chi connectivity index (χ3n) is 4.34. The number of benzene rings is 2. The van der Waals surface area contributed by atoms with Crippen molar-refractivity contribution in [2.45, 2.75) is 24.1 Å². The highest BCUT2D eigenvalue weighted by atomic mass is 19.3. The van der Waals surface area contributed by atoms with Crippen LogP contribution in [0, 0.1) is 22.7 Å². The Labute approximate surface area is 158 Å². The van der Waals surface area contributed by atoms with Gasteiger partial charge in [-0.1, -0.05) is 0 Å². The van der Waals surface area contributed by atoms with E-state index in [4.69, 9.17) is 15.3 Å². The Morgan fingerprint density at radius 1 is 0.931 bits per heavy atom. The fraction of sp³-hybridized carbons (Fsp3) is 0.222. The van der Waals surface area contributed by atoms with E-state index in [1.807, 2.05) is 0 Å². The molecule has 150 valence electrons. The molecule has 0 aromatic heterocycles. The molecule has 1 aliphatic rings. The fourth-order valence-corrected chi connectivity index (χ4v) is 3.00. The zero-order valence-electron chi connectivity index (χ0n) is 13.9. The van der Waals surface area contributed by atoms with Crippen LogP contribution >= 0.6 is 0 Å². The molecule has 2 N–H and O–H groups in total. The van der Waals surface area contributed by atoms with Crippen LogP contribution in [0.4, 0.5) is 26.3 Å². The van der Waals surface area contributed by atoms with Crippen LogP contribution < -0.4 is 4.74 Å². The van der Waals surface area contributed by atoms with E-state index in [9.17, 15) is 36.6 Å². The molecule has 0 fully saturated rings. The largest absolute Gasteiger partial charge is 0.457 e. The Hall–Kier alpha value is -3.28. The van der Waals surface area contributed by atoms with Crippen molar-refractivity contribution in [2.75, 3.05) is 0 Å². The third kappa shape index (κ3) is 2.78. The lowest BCUT2D eigenvalue weighted by Crippen LogP contribution is -2.49. The van der Waals surface area contributed by atoms with Gasteiger partial charge in [0.1, 0.15) is 11.5 Å². The maximum atomic E-state index is 14.0. The number of ether oxygens (including phenoxy) is 1. The monoisotopic (exact) mass is 414 g/mol. The Balaban J connectivity index is 2.24. The van der Waals surface area contributed by atoms with Crippen LogP contribution in [0.2, 0.25) is 0 Å². The van der Waals surface area contributed by atoms with E-state index in [1.54, 1.807) is 12.1 Å². The quantitative estimate of drug-likeness (QED) is 0.584. The molecule has 0 saturated heterocycles. The van der Waals surface area contributed by atoms with Crippen molar-refractivity contribution in [2.24, 2.45) is 0 Å². The molecule has 2 aromatic carbocycles. The van der Waals surface area contributed by atoms with Gasteiger partial charge in [0.05, 0.1) is 28.8 Å². The summed E-state index contributed by atoms with van der Waals surface area (Å²) in [5.74, 6) is -16.5. The van der Waals surface area contributed by atoms with Crippen molar-refractivity contribution in [3.05, 3.63) is 58.1 Å². The van der Waals surface area contributed by atoms with E-state index < -0.39 is 46.5 Å². The van der Waals surface area contributed by atoms with Gasteiger partial charge in [-0.2, -0.15) is 28.1 Å². The van der Waals surface area contributed by atoms with Crippen molar-refractivity contribution in [3.63, 3.8) is 0 Å². The molecule has 3 rings (SSSR count). The van der Waals surface area contributed by atoms with Gasteiger partial charge >= 0.3 is 11.8 Å². The van der Waals surface area contributed by atoms with Gasteiger partial charge in [-0.25, -0.2) is 8.78 Å². The lowest BCUT2D eigenvalue weighted by Gasteiger charge is -2.28. The molecule has 0 bridgehead atoms. The van der Waals surface area contributed by atoms with Crippen LogP contribution in [0.1, 0.15) is 34.2 Å². The summed E-state index contributed by atoms with van der Waals surface area (Å²) in [7, 11) is 0. The van der Waals surface area contributed by atoms with E-state index in [-0.39, 0.29) is 16.9 Å². The number of nitriles is 2. The molecule has 5 nitrogen and oxygen atoms in total. The predicted octanol–water partition coefficient (Wildman–Crippen LogP) is 4.04. The maximum Gasteiger partial charge on any atom is 0.371 e. The highest BCUT2D eigenvalue weighted by Gasteiger charge is 2.77. The standard InChI is InChI=1S/C18H8F6N2O3/c19-15(20)13-12(29-10-4-8(6-25)3-9(5-10)7-26)2-1-11-14(13)17(27,28)18(23,24)16(11,21)22/h1-5,15,27-28H. The van der Waals surface area contributed by atoms with Gasteiger partial charge in [0, 0.05) is 11.1 Å². The molecule has 11 heteroatoms. The molecule has 0 radical (unpaired) electrons. The van der Waals surface area contributed by atoms with Crippen molar-refractivity contribution in [1.82, 2.24) is 0 Å². The molecule has 0 saturated carbocycles. The molecular formula is C18H8F6N2O3. The van der Waals surface area contributed by atoms with Gasteiger partial charge in [-0.05, 0) is 30.3 Å². The topological polar surface area (TPSA) is 97.3 Å². The molecular weight excluding hydrogens is 406 g/mol. The second kappa shape index (κ2) is 6.37. The number of hydrogen-bond donors (Lipinski definition) is 2. The molecule has 0 heterocycles. The summed E-state index contributed by atoms with van der Waals surface area (Å²) in [6.45, 7) is 0. The number of hydrogen-bond acceptors (Lipinski definition) is 5. The normalized spacial score (nSPS) is 18.0. The van der Waals surface area contributed by atoms with Crippen LogP contribution in [-0.2, 0) is 11.7 Å². The summed E-state index contributed by atoms with van der Waals surface area (Å²) in [4.78, 5) is 0. The Bertz CT molecular complexity index is 1050. The lowest BCUT2D eigenvalue weighted by atomic mass is 9.98. The summed E-state index contributed by atoms with van der Waals surface area (Å²) >= 11 is 0. The summed E-state index contributed by atoms with van der Waals surface area (Å²) in [5, 5.41) is 37.2. The minimum absolute atomic E-state index is 0.101. The highest BCUT2D eigenvalue weighted by molar-refractivity contribution is 5.56. The average molecular weight is 414 g/mol. The number of alkyl halides is 6.